The number of nitrogens with zero attached hydrogens (tertiary/aromatic N) is 1. The Labute approximate surface area is 153 Å². The number of benzene rings is 2. The molecule has 0 aromatic heterocycles. The number of hydrogen-bond donors (Lipinski definition) is 0. The lowest BCUT2D eigenvalue weighted by Crippen LogP contribution is -2.27. The first-order valence-electron chi connectivity index (χ1n) is 7.45. The first kappa shape index (κ1) is 17.5. The van der Waals surface area contributed by atoms with E-state index in [1.54, 1.807) is 12.2 Å². The Morgan fingerprint density at radius 2 is 1.88 bits per heavy atom. The Morgan fingerprint density at radius 3 is 2.60 bits per heavy atom. The Balaban J connectivity index is 1.73. The van der Waals surface area contributed by atoms with Gasteiger partial charge in [0.2, 0.25) is 0 Å². The Hall–Kier alpha value is -2.37. The van der Waals surface area contributed by atoms with Crippen LogP contribution < -0.4 is 0 Å². The standard InChI is InChI=1S/C19H13ClFNO2S/c20-16-11-15(21)10-9-14(16)12-22-18(23)17(25-19(22)24)8-4-7-13-5-2-1-3-6-13/h1-11H,12H2/b7-4-,17-8+. The van der Waals surface area contributed by atoms with Crippen LogP contribution in [0, 0.1) is 5.82 Å². The third-order valence-electron chi connectivity index (χ3n) is 3.55. The Kier molecular flexibility index (Phi) is 5.36. The molecule has 3 rings (SSSR count). The molecule has 2 amide bonds. The molecule has 0 bridgehead atoms. The van der Waals surface area contributed by atoms with Gasteiger partial charge in [0.05, 0.1) is 11.4 Å². The zero-order valence-electron chi connectivity index (χ0n) is 13.0. The molecular weight excluding hydrogens is 361 g/mol. The zero-order valence-corrected chi connectivity index (χ0v) is 14.6. The maximum absolute atomic E-state index is 13.1. The molecule has 1 aliphatic rings. The number of thioether (sulfide) groups is 1. The summed E-state index contributed by atoms with van der Waals surface area (Å²) in [4.78, 5) is 25.9. The van der Waals surface area contributed by atoms with Gasteiger partial charge in [0, 0.05) is 5.02 Å². The van der Waals surface area contributed by atoms with Crippen LogP contribution in [0.2, 0.25) is 5.02 Å². The molecule has 0 saturated carbocycles. The highest BCUT2D eigenvalue weighted by atomic mass is 35.5. The van der Waals surface area contributed by atoms with Gasteiger partial charge in [-0.3, -0.25) is 14.5 Å². The molecule has 3 nitrogen and oxygen atoms in total. The Bertz CT molecular complexity index is 880. The minimum atomic E-state index is -0.464. The largest absolute Gasteiger partial charge is 0.293 e. The van der Waals surface area contributed by atoms with Gasteiger partial charge >= 0.3 is 0 Å². The lowest BCUT2D eigenvalue weighted by molar-refractivity contribution is -0.123. The van der Waals surface area contributed by atoms with Gasteiger partial charge in [-0.2, -0.15) is 0 Å². The molecule has 0 radical (unpaired) electrons. The van der Waals surface area contributed by atoms with Crippen LogP contribution in [0.4, 0.5) is 9.18 Å². The van der Waals surface area contributed by atoms with Gasteiger partial charge in [-0.25, -0.2) is 4.39 Å². The van der Waals surface area contributed by atoms with Gasteiger partial charge in [-0.05, 0) is 41.1 Å². The summed E-state index contributed by atoms with van der Waals surface area (Å²) in [6.45, 7) is 0.0174. The minimum absolute atomic E-state index is 0.0174. The maximum atomic E-state index is 13.1. The first-order chi connectivity index (χ1) is 12.0. The van der Waals surface area contributed by atoms with Crippen LogP contribution in [-0.2, 0) is 11.3 Å². The molecule has 0 spiro atoms. The van der Waals surface area contributed by atoms with Crippen LogP contribution in [0.15, 0.2) is 65.6 Å². The number of amides is 2. The number of carbonyl (C=O) groups excluding carboxylic acids is 2. The van der Waals surface area contributed by atoms with E-state index in [0.29, 0.717) is 10.5 Å². The minimum Gasteiger partial charge on any atom is -0.268 e. The fraction of sp³-hybridized carbons (Fsp3) is 0.0526. The van der Waals surface area contributed by atoms with E-state index in [2.05, 4.69) is 0 Å². The molecule has 2 aromatic rings. The van der Waals surface area contributed by atoms with Gasteiger partial charge < -0.3 is 0 Å². The van der Waals surface area contributed by atoms with Gasteiger partial charge in [-0.15, -0.1) is 0 Å². The van der Waals surface area contributed by atoms with E-state index in [9.17, 15) is 14.0 Å². The Morgan fingerprint density at radius 1 is 1.12 bits per heavy atom. The van der Waals surface area contributed by atoms with E-state index in [-0.39, 0.29) is 22.7 Å². The highest BCUT2D eigenvalue weighted by Crippen LogP contribution is 2.33. The fourth-order valence-corrected chi connectivity index (χ4v) is 3.30. The van der Waals surface area contributed by atoms with E-state index in [1.165, 1.54) is 12.1 Å². The van der Waals surface area contributed by atoms with Crippen LogP contribution in [0.25, 0.3) is 6.08 Å². The highest BCUT2D eigenvalue weighted by molar-refractivity contribution is 8.18. The molecule has 0 unspecified atom stereocenters. The summed E-state index contributed by atoms with van der Waals surface area (Å²) in [7, 11) is 0. The average molecular weight is 374 g/mol. The third-order valence-corrected chi connectivity index (χ3v) is 4.83. The number of rotatable bonds is 4. The van der Waals surface area contributed by atoms with Gasteiger partial charge in [0.25, 0.3) is 11.1 Å². The molecule has 1 heterocycles. The van der Waals surface area contributed by atoms with Crippen LogP contribution in [-0.4, -0.2) is 16.0 Å². The third kappa shape index (κ3) is 4.18. The van der Waals surface area contributed by atoms with E-state index in [0.717, 1.165) is 28.3 Å². The second-order valence-electron chi connectivity index (χ2n) is 5.30. The molecule has 1 fully saturated rings. The van der Waals surface area contributed by atoms with Crippen molar-refractivity contribution in [3.05, 3.63) is 87.6 Å². The molecule has 2 aromatic carbocycles. The predicted octanol–water partition coefficient (Wildman–Crippen LogP) is 5.27. The summed E-state index contributed by atoms with van der Waals surface area (Å²) < 4.78 is 13.1. The highest BCUT2D eigenvalue weighted by Gasteiger charge is 2.34. The molecule has 0 N–H and O–H groups in total. The summed E-state index contributed by atoms with van der Waals surface area (Å²) in [6, 6.07) is 13.5. The van der Waals surface area contributed by atoms with Crippen molar-refractivity contribution in [2.45, 2.75) is 6.54 Å². The normalized spacial score (nSPS) is 16.4. The molecular formula is C19H13ClFNO2S. The van der Waals surface area contributed by atoms with Crippen LogP contribution >= 0.6 is 23.4 Å². The van der Waals surface area contributed by atoms with Crippen LogP contribution in [0.3, 0.4) is 0 Å². The summed E-state index contributed by atoms with van der Waals surface area (Å²) >= 11 is 6.84. The first-order valence-corrected chi connectivity index (χ1v) is 8.65. The summed E-state index contributed by atoms with van der Waals surface area (Å²) in [5.41, 5.74) is 1.52. The van der Waals surface area contributed by atoms with Gasteiger partial charge in [0.1, 0.15) is 5.82 Å². The number of hydrogen-bond acceptors (Lipinski definition) is 3. The van der Waals surface area contributed by atoms with Gasteiger partial charge in [0.15, 0.2) is 0 Å². The fourth-order valence-electron chi connectivity index (χ4n) is 2.28. The monoisotopic (exact) mass is 373 g/mol. The van der Waals surface area contributed by atoms with Crippen molar-refractivity contribution in [1.82, 2.24) is 4.90 Å². The van der Waals surface area contributed by atoms with Crippen molar-refractivity contribution >= 4 is 40.6 Å². The smallest absolute Gasteiger partial charge is 0.268 e. The van der Waals surface area contributed by atoms with E-state index < -0.39 is 5.82 Å². The SMILES string of the molecule is O=C1S/C(=C/C=C\c2ccccc2)C(=O)N1Cc1ccc(F)cc1Cl. The van der Waals surface area contributed by atoms with Crippen molar-refractivity contribution in [2.24, 2.45) is 0 Å². The van der Waals surface area contributed by atoms with Crippen molar-refractivity contribution in [1.29, 1.82) is 0 Å². The molecule has 6 heteroatoms. The molecule has 0 atom stereocenters. The van der Waals surface area contributed by atoms with E-state index >= 15 is 0 Å². The van der Waals surface area contributed by atoms with Crippen LogP contribution in [0.5, 0.6) is 0 Å². The second kappa shape index (κ2) is 7.68. The van der Waals surface area contributed by atoms with Crippen molar-refractivity contribution in [3.63, 3.8) is 0 Å². The van der Waals surface area contributed by atoms with E-state index in [4.69, 9.17) is 11.6 Å². The van der Waals surface area contributed by atoms with Crippen LogP contribution in [0.1, 0.15) is 11.1 Å². The molecule has 1 aliphatic heterocycles. The van der Waals surface area contributed by atoms with Crippen molar-refractivity contribution < 1.29 is 14.0 Å². The average Bonchev–Trinajstić information content (AvgIpc) is 2.86. The summed E-state index contributed by atoms with van der Waals surface area (Å²) in [5, 5.41) is -0.184. The second-order valence-corrected chi connectivity index (χ2v) is 6.70. The molecule has 0 aliphatic carbocycles. The number of imide groups is 1. The van der Waals surface area contributed by atoms with E-state index in [1.807, 2.05) is 36.4 Å². The van der Waals surface area contributed by atoms with Crippen molar-refractivity contribution in [2.75, 3.05) is 0 Å². The quantitative estimate of drug-likeness (QED) is 0.685. The molecule has 126 valence electrons. The number of allylic oxidation sites excluding steroid dienone is 2. The molecule has 1 saturated heterocycles. The number of carbonyl (C=O) groups is 2. The molecule has 25 heavy (non-hydrogen) atoms. The predicted molar refractivity (Wildman–Crippen MR) is 98.5 cm³/mol. The zero-order chi connectivity index (χ0) is 17.8. The van der Waals surface area contributed by atoms with Crippen molar-refractivity contribution in [3.8, 4) is 0 Å². The number of halogens is 2. The topological polar surface area (TPSA) is 37.4 Å². The summed E-state index contributed by atoms with van der Waals surface area (Å²) in [6.07, 6.45) is 5.20. The summed E-state index contributed by atoms with van der Waals surface area (Å²) in [5.74, 6) is -0.845. The lowest BCUT2D eigenvalue weighted by Gasteiger charge is -2.13. The maximum Gasteiger partial charge on any atom is 0.293 e. The lowest BCUT2D eigenvalue weighted by atomic mass is 10.2. The van der Waals surface area contributed by atoms with Gasteiger partial charge in [-0.1, -0.05) is 60.2 Å².